The number of rotatable bonds is 3. The van der Waals surface area contributed by atoms with Gasteiger partial charge in [-0.2, -0.15) is 0 Å². The van der Waals surface area contributed by atoms with Gasteiger partial charge in [-0.1, -0.05) is 45.0 Å². The zero-order chi connectivity index (χ0) is 13.3. The molecular weight excluding hydrogens is 234 g/mol. The molecule has 0 aromatic heterocycles. The Morgan fingerprint density at radius 2 is 1.59 bits per heavy atom. The van der Waals surface area contributed by atoms with Crippen LogP contribution in [0.2, 0.25) is 0 Å². The van der Waals surface area contributed by atoms with Gasteiger partial charge in [0.1, 0.15) is 0 Å². The normalized spacial score (nSPS) is 14.6. The molecule has 0 unspecified atom stereocenters. The molecule has 1 N–H and O–H groups in total. The van der Waals surface area contributed by atoms with E-state index in [1.54, 1.807) is 0 Å². The van der Waals surface area contributed by atoms with Gasteiger partial charge in [-0.3, -0.25) is 0 Å². The van der Waals surface area contributed by atoms with Gasteiger partial charge in [-0.05, 0) is 23.5 Å². The minimum absolute atomic E-state index is 0.117. The molecule has 1 aromatic rings. The number of nitrogens with one attached hydrogen (secondary N) is 1. The fourth-order valence-corrected chi connectivity index (χ4v) is 2.44. The van der Waals surface area contributed by atoms with Crippen LogP contribution in [0.5, 0.6) is 0 Å². The highest BCUT2D eigenvalue weighted by molar-refractivity contribution is 7.88. The SMILES string of the molecule is C[C@H](NS(C)(=O)=O)c1ccc(C(C)(C)C)cc1. The summed E-state index contributed by atoms with van der Waals surface area (Å²) >= 11 is 0. The quantitative estimate of drug-likeness (QED) is 0.902. The highest BCUT2D eigenvalue weighted by Gasteiger charge is 2.15. The van der Waals surface area contributed by atoms with Crippen LogP contribution in [0.4, 0.5) is 0 Å². The molecule has 0 aliphatic carbocycles. The van der Waals surface area contributed by atoms with E-state index in [4.69, 9.17) is 0 Å². The van der Waals surface area contributed by atoms with Crippen molar-refractivity contribution in [2.75, 3.05) is 6.26 Å². The summed E-state index contributed by atoms with van der Waals surface area (Å²) in [7, 11) is -3.16. The van der Waals surface area contributed by atoms with Gasteiger partial charge in [0, 0.05) is 6.04 Å². The zero-order valence-electron chi connectivity index (χ0n) is 11.1. The molecule has 1 rings (SSSR count). The van der Waals surface area contributed by atoms with Gasteiger partial charge in [0.2, 0.25) is 10.0 Å². The van der Waals surface area contributed by atoms with E-state index in [9.17, 15) is 8.42 Å². The monoisotopic (exact) mass is 255 g/mol. The molecule has 0 radical (unpaired) electrons. The third-order valence-electron chi connectivity index (χ3n) is 2.67. The summed E-state index contributed by atoms with van der Waals surface area (Å²) in [5, 5.41) is 0. The Kier molecular flexibility index (Phi) is 3.99. The average molecular weight is 255 g/mol. The molecule has 96 valence electrons. The van der Waals surface area contributed by atoms with Crippen LogP contribution in [0.25, 0.3) is 0 Å². The van der Waals surface area contributed by atoms with Gasteiger partial charge in [0.15, 0.2) is 0 Å². The minimum atomic E-state index is -3.16. The van der Waals surface area contributed by atoms with E-state index in [0.29, 0.717) is 0 Å². The fourth-order valence-electron chi connectivity index (χ4n) is 1.66. The Labute approximate surface area is 104 Å². The second-order valence-corrected chi connectivity index (χ2v) is 7.26. The van der Waals surface area contributed by atoms with E-state index in [2.05, 4.69) is 37.6 Å². The first-order valence-electron chi connectivity index (χ1n) is 5.67. The van der Waals surface area contributed by atoms with Gasteiger partial charge >= 0.3 is 0 Å². The molecule has 17 heavy (non-hydrogen) atoms. The summed E-state index contributed by atoms with van der Waals surface area (Å²) in [5.41, 5.74) is 2.34. The molecule has 0 saturated heterocycles. The van der Waals surface area contributed by atoms with Crippen molar-refractivity contribution in [1.29, 1.82) is 0 Å². The van der Waals surface area contributed by atoms with Crippen molar-refractivity contribution in [2.24, 2.45) is 0 Å². The van der Waals surface area contributed by atoms with Crippen molar-refractivity contribution in [3.63, 3.8) is 0 Å². The van der Waals surface area contributed by atoms with Crippen molar-refractivity contribution in [2.45, 2.75) is 39.2 Å². The maximum absolute atomic E-state index is 11.1. The van der Waals surface area contributed by atoms with Crippen molar-refractivity contribution in [1.82, 2.24) is 4.72 Å². The Morgan fingerprint density at radius 3 is 1.94 bits per heavy atom. The molecule has 4 heteroatoms. The van der Waals surface area contributed by atoms with Crippen LogP contribution < -0.4 is 4.72 Å². The van der Waals surface area contributed by atoms with Crippen LogP contribution in [0.1, 0.15) is 44.9 Å². The van der Waals surface area contributed by atoms with Crippen LogP contribution >= 0.6 is 0 Å². The Morgan fingerprint density at radius 1 is 1.12 bits per heavy atom. The van der Waals surface area contributed by atoms with Gasteiger partial charge < -0.3 is 0 Å². The maximum Gasteiger partial charge on any atom is 0.209 e. The smallest absolute Gasteiger partial charge is 0.209 e. The van der Waals surface area contributed by atoms with Crippen LogP contribution in [0, 0.1) is 0 Å². The van der Waals surface area contributed by atoms with Crippen molar-refractivity contribution >= 4 is 10.0 Å². The second kappa shape index (κ2) is 4.78. The van der Waals surface area contributed by atoms with Crippen LogP contribution in [-0.4, -0.2) is 14.7 Å². The molecule has 0 bridgehead atoms. The molecule has 1 atom stereocenters. The lowest BCUT2D eigenvalue weighted by molar-refractivity contribution is 0.571. The molecule has 3 nitrogen and oxygen atoms in total. The van der Waals surface area contributed by atoms with Gasteiger partial charge in [0.25, 0.3) is 0 Å². The summed E-state index contributed by atoms with van der Waals surface area (Å²) in [4.78, 5) is 0. The third-order valence-corrected chi connectivity index (χ3v) is 3.45. The lowest BCUT2D eigenvalue weighted by Gasteiger charge is -2.20. The van der Waals surface area contributed by atoms with E-state index < -0.39 is 10.0 Å². The summed E-state index contributed by atoms with van der Waals surface area (Å²) < 4.78 is 24.8. The molecule has 0 amide bonds. The first-order valence-corrected chi connectivity index (χ1v) is 7.56. The van der Waals surface area contributed by atoms with E-state index >= 15 is 0 Å². The number of hydrogen-bond acceptors (Lipinski definition) is 2. The predicted molar refractivity (Wildman–Crippen MR) is 71.5 cm³/mol. The molecule has 0 spiro atoms. The van der Waals surface area contributed by atoms with E-state index in [1.165, 1.54) is 11.8 Å². The summed E-state index contributed by atoms with van der Waals surface area (Å²) in [6, 6.07) is 7.86. The lowest BCUT2D eigenvalue weighted by Crippen LogP contribution is -2.25. The highest BCUT2D eigenvalue weighted by Crippen LogP contribution is 2.23. The predicted octanol–water partition coefficient (Wildman–Crippen LogP) is 2.59. The van der Waals surface area contributed by atoms with Crippen LogP contribution in [0.3, 0.4) is 0 Å². The first kappa shape index (κ1) is 14.2. The van der Waals surface area contributed by atoms with Crippen molar-refractivity contribution < 1.29 is 8.42 Å². The molecular formula is C13H21NO2S. The number of benzene rings is 1. The van der Waals surface area contributed by atoms with Crippen LogP contribution in [0.15, 0.2) is 24.3 Å². The number of sulfonamides is 1. The summed E-state index contributed by atoms with van der Waals surface area (Å²) in [6.45, 7) is 8.30. The average Bonchev–Trinajstić information content (AvgIpc) is 2.14. The van der Waals surface area contributed by atoms with E-state index in [-0.39, 0.29) is 11.5 Å². The largest absolute Gasteiger partial charge is 0.213 e. The fraction of sp³-hybridized carbons (Fsp3) is 0.538. The standard InChI is InChI=1S/C13H21NO2S/c1-10(14-17(5,15)16)11-6-8-12(9-7-11)13(2,3)4/h6-10,14H,1-5H3/t10-/m0/s1. The topological polar surface area (TPSA) is 46.2 Å². The van der Waals surface area contributed by atoms with E-state index in [1.807, 2.05) is 19.1 Å². The Bertz CT molecular complexity index is 469. The van der Waals surface area contributed by atoms with Gasteiger partial charge in [-0.25, -0.2) is 13.1 Å². The maximum atomic E-state index is 11.1. The molecule has 1 aromatic carbocycles. The Balaban J connectivity index is 2.88. The summed E-state index contributed by atoms with van der Waals surface area (Å²) in [6.07, 6.45) is 1.17. The molecule has 0 aliphatic rings. The van der Waals surface area contributed by atoms with Gasteiger partial charge in [0.05, 0.1) is 6.26 Å². The summed E-state index contributed by atoms with van der Waals surface area (Å²) in [5.74, 6) is 0. The number of hydrogen-bond donors (Lipinski definition) is 1. The third kappa shape index (κ3) is 4.48. The minimum Gasteiger partial charge on any atom is -0.213 e. The molecule has 0 heterocycles. The van der Waals surface area contributed by atoms with Crippen molar-refractivity contribution in [3.8, 4) is 0 Å². The molecule has 0 saturated carbocycles. The second-order valence-electron chi connectivity index (χ2n) is 5.48. The van der Waals surface area contributed by atoms with Crippen molar-refractivity contribution in [3.05, 3.63) is 35.4 Å². The zero-order valence-corrected chi connectivity index (χ0v) is 11.9. The Hall–Kier alpha value is -0.870. The first-order chi connectivity index (χ1) is 7.59. The highest BCUT2D eigenvalue weighted by atomic mass is 32.2. The van der Waals surface area contributed by atoms with Crippen LogP contribution in [-0.2, 0) is 15.4 Å². The van der Waals surface area contributed by atoms with E-state index in [0.717, 1.165) is 5.56 Å². The molecule has 0 fully saturated rings. The molecule has 0 aliphatic heterocycles. The van der Waals surface area contributed by atoms with Gasteiger partial charge in [-0.15, -0.1) is 0 Å². The lowest BCUT2D eigenvalue weighted by atomic mass is 9.86.